The zero-order valence-corrected chi connectivity index (χ0v) is 11.1. The van der Waals surface area contributed by atoms with Crippen LogP contribution in [0.15, 0.2) is 18.2 Å². The summed E-state index contributed by atoms with van der Waals surface area (Å²) in [6.07, 6.45) is 3.03. The number of aryl methyl sites for hydroxylation is 2. The Bertz CT molecular complexity index is 347. The van der Waals surface area contributed by atoms with Crippen molar-refractivity contribution < 1.29 is 0 Å². The average molecular weight is 239 g/mol. The minimum Gasteiger partial charge on any atom is -0.371 e. The zero-order valence-electron chi connectivity index (χ0n) is 9.46. The van der Waals surface area contributed by atoms with Gasteiger partial charge in [0.05, 0.1) is 0 Å². The lowest BCUT2D eigenvalue weighted by molar-refractivity contribution is 0.876. The summed E-state index contributed by atoms with van der Waals surface area (Å²) in [7, 11) is 0. The Morgan fingerprint density at radius 3 is 2.73 bits per heavy atom. The smallest absolute Gasteiger partial charge is 0.133 e. The maximum atomic E-state index is 5.08. The second-order valence-electron chi connectivity index (χ2n) is 3.60. The van der Waals surface area contributed by atoms with E-state index in [-0.39, 0.29) is 0 Å². The van der Waals surface area contributed by atoms with Gasteiger partial charge in [-0.3, -0.25) is 0 Å². The number of hydrogen-bond donors (Lipinski definition) is 1. The van der Waals surface area contributed by atoms with Crippen molar-refractivity contribution in [2.45, 2.75) is 20.3 Å². The minimum atomic E-state index is 0.875. The van der Waals surface area contributed by atoms with Crippen molar-refractivity contribution in [3.63, 3.8) is 0 Å². The fourth-order valence-electron chi connectivity index (χ4n) is 1.50. The quantitative estimate of drug-likeness (QED) is 0.814. The zero-order chi connectivity index (χ0) is 11.3. The van der Waals surface area contributed by atoms with Gasteiger partial charge in [-0.2, -0.15) is 0 Å². The van der Waals surface area contributed by atoms with E-state index in [1.165, 1.54) is 16.7 Å². The first-order valence-corrected chi connectivity index (χ1v) is 6.64. The van der Waals surface area contributed by atoms with Crippen LogP contribution in [0.3, 0.4) is 0 Å². The molecule has 0 heterocycles. The lowest BCUT2D eigenvalue weighted by atomic mass is 10.0. The molecule has 1 rings (SSSR count). The van der Waals surface area contributed by atoms with Crippen LogP contribution in [0.2, 0.25) is 0 Å². The molecule has 0 radical (unpaired) electrons. The Kier molecular flexibility index (Phi) is 5.12. The van der Waals surface area contributed by atoms with Crippen molar-refractivity contribution in [1.29, 1.82) is 0 Å². The molecule has 0 aliphatic carbocycles. The highest BCUT2D eigenvalue weighted by Crippen LogP contribution is 2.10. The van der Waals surface area contributed by atoms with Crippen molar-refractivity contribution in [1.82, 2.24) is 5.32 Å². The highest BCUT2D eigenvalue weighted by Gasteiger charge is 1.99. The number of thioether (sulfide) groups is 1. The predicted octanol–water partition coefficient (Wildman–Crippen LogP) is 3.08. The molecule has 0 unspecified atom stereocenters. The maximum absolute atomic E-state index is 5.08. The second-order valence-corrected chi connectivity index (χ2v) is 5.08. The first-order valence-electron chi connectivity index (χ1n) is 5.01. The average Bonchev–Trinajstić information content (AvgIpc) is 2.21. The summed E-state index contributed by atoms with van der Waals surface area (Å²) in [6.45, 7) is 5.21. The molecule has 0 aromatic heterocycles. The van der Waals surface area contributed by atoms with Gasteiger partial charge >= 0.3 is 0 Å². The van der Waals surface area contributed by atoms with E-state index in [9.17, 15) is 0 Å². The molecule has 3 heteroatoms. The van der Waals surface area contributed by atoms with Gasteiger partial charge in [-0.25, -0.2) is 0 Å². The van der Waals surface area contributed by atoms with E-state index in [1.54, 1.807) is 11.8 Å². The van der Waals surface area contributed by atoms with Crippen LogP contribution in [0, 0.1) is 13.8 Å². The Morgan fingerprint density at radius 1 is 1.40 bits per heavy atom. The van der Waals surface area contributed by atoms with E-state index in [0.717, 1.165) is 17.3 Å². The third kappa shape index (κ3) is 4.22. The van der Waals surface area contributed by atoms with Gasteiger partial charge in [-0.05, 0) is 37.7 Å². The molecule has 0 spiro atoms. The standard InChI is InChI=1S/C12H17NS2/c1-9-4-5-11(10(2)8-9)6-7-13-12(14)15-3/h4-5,8H,6-7H2,1-3H3,(H,13,14). The van der Waals surface area contributed by atoms with Crippen LogP contribution >= 0.6 is 24.0 Å². The third-order valence-corrected chi connectivity index (χ3v) is 3.51. The van der Waals surface area contributed by atoms with Gasteiger partial charge in [0.25, 0.3) is 0 Å². The molecule has 82 valence electrons. The molecule has 0 aliphatic heterocycles. The van der Waals surface area contributed by atoms with Crippen LogP contribution < -0.4 is 5.32 Å². The molecule has 1 nitrogen and oxygen atoms in total. The summed E-state index contributed by atoms with van der Waals surface area (Å²) < 4.78 is 0.875. The highest BCUT2D eigenvalue weighted by molar-refractivity contribution is 8.22. The summed E-state index contributed by atoms with van der Waals surface area (Å²) in [5.41, 5.74) is 4.09. The predicted molar refractivity (Wildman–Crippen MR) is 73.7 cm³/mol. The van der Waals surface area contributed by atoms with Crippen LogP contribution in [0.5, 0.6) is 0 Å². The van der Waals surface area contributed by atoms with Gasteiger partial charge in [0.2, 0.25) is 0 Å². The Morgan fingerprint density at radius 2 is 2.13 bits per heavy atom. The van der Waals surface area contributed by atoms with Gasteiger partial charge < -0.3 is 5.32 Å². The Labute approximate surface area is 102 Å². The topological polar surface area (TPSA) is 12.0 Å². The molecule has 0 fully saturated rings. The number of nitrogens with one attached hydrogen (secondary N) is 1. The molecule has 0 atom stereocenters. The van der Waals surface area contributed by atoms with E-state index < -0.39 is 0 Å². The SMILES string of the molecule is CSC(=S)NCCc1ccc(C)cc1C. The largest absolute Gasteiger partial charge is 0.371 e. The molecule has 0 aliphatic rings. The van der Waals surface area contributed by atoms with Crippen molar-refractivity contribution in [3.05, 3.63) is 34.9 Å². The van der Waals surface area contributed by atoms with Crippen molar-refractivity contribution >= 4 is 28.3 Å². The van der Waals surface area contributed by atoms with Crippen LogP contribution in [-0.2, 0) is 6.42 Å². The molecule has 1 N–H and O–H groups in total. The number of thiocarbonyl (C=S) groups is 1. The number of hydrogen-bond acceptors (Lipinski definition) is 2. The fraction of sp³-hybridized carbons (Fsp3) is 0.417. The molecular formula is C12H17NS2. The summed E-state index contributed by atoms with van der Waals surface area (Å²) in [6, 6.07) is 6.59. The summed E-state index contributed by atoms with van der Waals surface area (Å²) in [4.78, 5) is 0. The normalized spacial score (nSPS) is 10.1. The lowest BCUT2D eigenvalue weighted by Gasteiger charge is -2.08. The van der Waals surface area contributed by atoms with Gasteiger partial charge in [-0.15, -0.1) is 11.8 Å². The van der Waals surface area contributed by atoms with E-state index in [4.69, 9.17) is 12.2 Å². The van der Waals surface area contributed by atoms with Crippen molar-refractivity contribution in [2.24, 2.45) is 0 Å². The number of rotatable bonds is 3. The fourth-order valence-corrected chi connectivity index (χ4v) is 1.85. The van der Waals surface area contributed by atoms with E-state index in [2.05, 4.69) is 37.4 Å². The first kappa shape index (κ1) is 12.5. The van der Waals surface area contributed by atoms with E-state index in [0.29, 0.717) is 0 Å². The monoisotopic (exact) mass is 239 g/mol. The van der Waals surface area contributed by atoms with Crippen LogP contribution in [0.1, 0.15) is 16.7 Å². The van der Waals surface area contributed by atoms with Gasteiger partial charge in [-0.1, -0.05) is 36.0 Å². The molecule has 1 aromatic carbocycles. The van der Waals surface area contributed by atoms with Gasteiger partial charge in [0.1, 0.15) is 4.32 Å². The van der Waals surface area contributed by atoms with E-state index in [1.807, 2.05) is 6.26 Å². The van der Waals surface area contributed by atoms with Crippen LogP contribution in [0.25, 0.3) is 0 Å². The Balaban J connectivity index is 2.47. The summed E-state index contributed by atoms with van der Waals surface area (Å²) in [5.74, 6) is 0. The van der Waals surface area contributed by atoms with Gasteiger partial charge in [0.15, 0.2) is 0 Å². The van der Waals surface area contributed by atoms with Gasteiger partial charge in [0, 0.05) is 6.54 Å². The van der Waals surface area contributed by atoms with Crippen LogP contribution in [0.4, 0.5) is 0 Å². The number of benzene rings is 1. The van der Waals surface area contributed by atoms with Crippen LogP contribution in [-0.4, -0.2) is 17.1 Å². The maximum Gasteiger partial charge on any atom is 0.133 e. The molecule has 15 heavy (non-hydrogen) atoms. The second kappa shape index (κ2) is 6.13. The molecule has 1 aromatic rings. The summed E-state index contributed by atoms with van der Waals surface area (Å²) in [5, 5.41) is 3.22. The first-order chi connectivity index (χ1) is 7.13. The van der Waals surface area contributed by atoms with Crippen molar-refractivity contribution in [3.8, 4) is 0 Å². The summed E-state index contributed by atoms with van der Waals surface area (Å²) >= 11 is 6.66. The minimum absolute atomic E-state index is 0.875. The molecule has 0 saturated carbocycles. The molecular weight excluding hydrogens is 222 g/mol. The molecule has 0 saturated heterocycles. The lowest BCUT2D eigenvalue weighted by Crippen LogP contribution is -2.21. The molecule has 0 bridgehead atoms. The van der Waals surface area contributed by atoms with Crippen molar-refractivity contribution in [2.75, 3.05) is 12.8 Å². The third-order valence-electron chi connectivity index (χ3n) is 2.35. The Hall–Kier alpha value is -0.540. The highest BCUT2D eigenvalue weighted by atomic mass is 32.2. The molecule has 0 amide bonds. The van der Waals surface area contributed by atoms with E-state index >= 15 is 0 Å².